The van der Waals surface area contributed by atoms with E-state index in [2.05, 4.69) is 209 Å². The summed E-state index contributed by atoms with van der Waals surface area (Å²) in [5.41, 5.74) is 11.5. The summed E-state index contributed by atoms with van der Waals surface area (Å²) in [5, 5.41) is 0. The van der Waals surface area contributed by atoms with Crippen molar-refractivity contribution in [1.29, 1.82) is 0 Å². The molecular weight excluding hydrogens is 863 g/mol. The zero-order valence-electron chi connectivity index (χ0n) is 42.1. The van der Waals surface area contributed by atoms with Crippen LogP contribution in [0.25, 0.3) is 11.1 Å². The van der Waals surface area contributed by atoms with Crippen LogP contribution >= 0.6 is 0 Å². The molecule has 3 aliphatic heterocycles. The molecule has 5 nitrogen and oxygen atoms in total. The van der Waals surface area contributed by atoms with Crippen molar-refractivity contribution in [2.24, 2.45) is 0 Å². The molecule has 71 heavy (non-hydrogen) atoms. The summed E-state index contributed by atoms with van der Waals surface area (Å²) in [6.45, 7) is -1.57. The number of ether oxygens (including phenoxy) is 2. The molecular formula is C63H48B3N3O2. The smallest absolute Gasteiger partial charge is 0.388 e. The number of benzene rings is 10. The summed E-state index contributed by atoms with van der Waals surface area (Å²) in [6.07, 6.45) is 0. The lowest BCUT2D eigenvalue weighted by Gasteiger charge is -2.57. The molecule has 8 heteroatoms. The predicted octanol–water partition coefficient (Wildman–Crippen LogP) is 12.6. The highest BCUT2D eigenvalue weighted by Crippen LogP contribution is 2.63. The Morgan fingerprint density at radius 1 is 0.366 bits per heavy atom. The van der Waals surface area contributed by atoms with E-state index in [0.717, 1.165) is 78.3 Å². The summed E-state index contributed by atoms with van der Waals surface area (Å²) in [5.74, 6) is 2.62. The maximum Gasteiger partial charge on any atom is 0.388 e. The molecule has 1 fully saturated rings. The van der Waals surface area contributed by atoms with Gasteiger partial charge in [-0.2, -0.15) is 0 Å². The normalized spacial score (nSPS) is 15.0. The predicted molar refractivity (Wildman–Crippen MR) is 296 cm³/mol. The fraction of sp³-hybridized carbons (Fsp3) is 0.0476. The third-order valence-electron chi connectivity index (χ3n) is 14.6. The highest BCUT2D eigenvalue weighted by molar-refractivity contribution is 7.14. The molecule has 0 saturated carbocycles. The number of hydrogen-bond acceptors (Lipinski definition) is 5. The zero-order valence-corrected chi connectivity index (χ0v) is 39.1. The average Bonchev–Trinajstić information content (AvgIpc) is 3.48. The minimum absolute atomic E-state index is 0.207. The Morgan fingerprint density at radius 2 is 0.746 bits per heavy atom. The van der Waals surface area contributed by atoms with Gasteiger partial charge in [-0.15, -0.1) is 0 Å². The molecule has 0 N–H and O–H groups in total. The standard InChI is InChI=1S/C63H48B3N3O2/c1-45-40-42-52(44-53(45)61-46(2)41-43-57-62(61)71-60-39-23-20-36-56(60)63(57)54-34-18-21-37-58(54)70-59-38-22-19-35-55(59)63)69-65(48-26-10-4-11-27-48)67(50-30-14-6-15-31-50)64(47-24-8-3-9-25-47)68(51-32-16-7-17-33-51)66(69)49-28-12-5-13-29-49/h3-44H,1-2H3/i2D3. The molecule has 1 spiro atoms. The molecule has 1 saturated heterocycles. The van der Waals surface area contributed by atoms with E-state index < -0.39 is 26.2 Å². The van der Waals surface area contributed by atoms with E-state index >= 15 is 0 Å². The lowest BCUT2D eigenvalue weighted by Crippen LogP contribution is -2.86. The van der Waals surface area contributed by atoms with Gasteiger partial charge in [0.15, 0.2) is 0 Å². The molecule has 3 heterocycles. The molecule has 10 aromatic carbocycles. The summed E-state index contributed by atoms with van der Waals surface area (Å²) in [6, 6.07) is 88.6. The Kier molecular flexibility index (Phi) is 9.63. The summed E-state index contributed by atoms with van der Waals surface area (Å²) < 4.78 is 49.4. The van der Waals surface area contributed by atoms with Crippen molar-refractivity contribution >= 4 is 54.4 Å². The molecule has 0 aliphatic carbocycles. The van der Waals surface area contributed by atoms with Crippen LogP contribution in [-0.4, -0.2) is 20.9 Å². The fourth-order valence-electron chi connectivity index (χ4n) is 11.7. The lowest BCUT2D eigenvalue weighted by molar-refractivity contribution is 0.400. The monoisotopic (exact) mass is 914 g/mol. The molecule has 0 amide bonds. The summed E-state index contributed by atoms with van der Waals surface area (Å²) in [4.78, 5) is 0. The van der Waals surface area contributed by atoms with Crippen LogP contribution in [0.2, 0.25) is 0 Å². The molecule has 0 aromatic heterocycles. The van der Waals surface area contributed by atoms with Gasteiger partial charge in [0.1, 0.15) is 23.0 Å². The van der Waals surface area contributed by atoms with Crippen molar-refractivity contribution in [2.75, 3.05) is 14.2 Å². The first-order valence-corrected chi connectivity index (χ1v) is 24.3. The van der Waals surface area contributed by atoms with Crippen molar-refractivity contribution in [3.05, 3.63) is 288 Å². The van der Waals surface area contributed by atoms with Crippen molar-refractivity contribution in [2.45, 2.75) is 19.2 Å². The van der Waals surface area contributed by atoms with Gasteiger partial charge < -0.3 is 23.6 Å². The lowest BCUT2D eigenvalue weighted by atomic mass is 9.37. The number of rotatable bonds is 7. The third-order valence-corrected chi connectivity index (χ3v) is 14.6. The first-order chi connectivity index (χ1) is 36.3. The Balaban J connectivity index is 1.12. The van der Waals surface area contributed by atoms with E-state index in [9.17, 15) is 4.11 Å². The van der Waals surface area contributed by atoms with Gasteiger partial charge in [0.2, 0.25) is 0 Å². The number of hydrogen-bond donors (Lipinski definition) is 0. The van der Waals surface area contributed by atoms with Crippen LogP contribution in [-0.2, 0) is 5.41 Å². The van der Waals surface area contributed by atoms with E-state index in [1.54, 1.807) is 0 Å². The van der Waals surface area contributed by atoms with Crippen LogP contribution in [0.5, 0.6) is 23.0 Å². The van der Waals surface area contributed by atoms with Gasteiger partial charge >= 0.3 is 20.9 Å². The Labute approximate surface area is 421 Å². The van der Waals surface area contributed by atoms with Crippen LogP contribution in [0.3, 0.4) is 0 Å². The minimum Gasteiger partial charge on any atom is -0.457 e. The minimum atomic E-state index is -2.52. The van der Waals surface area contributed by atoms with E-state index in [1.807, 2.05) is 66.7 Å². The van der Waals surface area contributed by atoms with Gasteiger partial charge in [0.25, 0.3) is 0 Å². The first kappa shape index (κ1) is 39.3. The maximum atomic E-state index is 9.29. The zero-order chi connectivity index (χ0) is 50.0. The van der Waals surface area contributed by atoms with Gasteiger partial charge in [0, 0.05) is 49.0 Å². The van der Waals surface area contributed by atoms with E-state index in [4.69, 9.17) is 9.47 Å². The topological polar surface area (TPSA) is 28.2 Å². The van der Waals surface area contributed by atoms with Gasteiger partial charge in [-0.1, -0.05) is 200 Å². The second-order valence-electron chi connectivity index (χ2n) is 18.6. The van der Waals surface area contributed by atoms with Crippen molar-refractivity contribution in [1.82, 2.24) is 0 Å². The summed E-state index contributed by atoms with van der Waals surface area (Å²) in [7, 11) is 0. The molecule has 0 radical (unpaired) electrons. The van der Waals surface area contributed by atoms with E-state index in [0.29, 0.717) is 17.1 Å². The van der Waals surface area contributed by atoms with Gasteiger partial charge in [-0.05, 0) is 101 Å². The molecule has 336 valence electrons. The molecule has 0 bridgehead atoms. The van der Waals surface area contributed by atoms with Gasteiger partial charge in [-0.25, -0.2) is 0 Å². The largest absolute Gasteiger partial charge is 0.457 e. The van der Waals surface area contributed by atoms with Crippen molar-refractivity contribution < 1.29 is 13.6 Å². The van der Waals surface area contributed by atoms with Crippen LogP contribution in [0.15, 0.2) is 255 Å². The highest BCUT2D eigenvalue weighted by Gasteiger charge is 2.56. The highest BCUT2D eigenvalue weighted by atomic mass is 16.5. The Bertz CT molecular complexity index is 3530. The Morgan fingerprint density at radius 3 is 1.20 bits per heavy atom. The number of anilines is 3. The second kappa shape index (κ2) is 17.4. The first-order valence-electron chi connectivity index (χ1n) is 25.8. The van der Waals surface area contributed by atoms with Gasteiger partial charge in [0.05, 0.1) is 5.41 Å². The number of aryl methyl sites for hydroxylation is 2. The second-order valence-corrected chi connectivity index (χ2v) is 18.6. The molecule has 3 aliphatic rings. The number of para-hydroxylation sites is 5. The number of nitrogens with zero attached hydrogens (tertiary/aromatic N) is 3. The van der Waals surface area contributed by atoms with Crippen molar-refractivity contribution in [3.8, 4) is 34.1 Å². The fourth-order valence-corrected chi connectivity index (χ4v) is 11.7. The van der Waals surface area contributed by atoms with Crippen LogP contribution < -0.4 is 40.0 Å². The van der Waals surface area contributed by atoms with Gasteiger partial charge in [-0.3, -0.25) is 0 Å². The quantitative estimate of drug-likeness (QED) is 0.149. The molecule has 0 atom stereocenters. The van der Waals surface area contributed by atoms with Crippen molar-refractivity contribution in [3.63, 3.8) is 0 Å². The van der Waals surface area contributed by atoms with Crippen LogP contribution in [0.4, 0.5) is 17.1 Å². The van der Waals surface area contributed by atoms with E-state index in [1.165, 1.54) is 0 Å². The van der Waals surface area contributed by atoms with E-state index in [-0.39, 0.29) is 12.5 Å². The number of fused-ring (bicyclic) bond motifs is 8. The molecule has 13 rings (SSSR count). The third kappa shape index (κ3) is 6.81. The SMILES string of the molecule is [2H]C([2H])([2H])c1ccc2c(c1-c1cc(N3B(c4ccccc4)N(c4ccccc4)B(c4ccccc4)N(c4ccccc4)B3c3ccccc3)ccc1C)Oc1ccccc1C21c2ccccc2Oc2ccccc21. The van der Waals surface area contributed by atoms with Crippen LogP contribution in [0, 0.1) is 13.8 Å². The average molecular weight is 915 g/mol. The Hall–Kier alpha value is -8.61. The maximum absolute atomic E-state index is 9.29. The molecule has 10 aromatic rings. The van der Waals surface area contributed by atoms with Crippen LogP contribution in [0.1, 0.15) is 37.5 Å². The summed E-state index contributed by atoms with van der Waals surface area (Å²) >= 11 is 0. The molecule has 0 unspecified atom stereocenters.